The van der Waals surface area contributed by atoms with Crippen LogP contribution in [-0.2, 0) is 6.54 Å². The van der Waals surface area contributed by atoms with E-state index in [1.54, 1.807) is 0 Å². The summed E-state index contributed by atoms with van der Waals surface area (Å²) in [5.41, 5.74) is 3.07. The van der Waals surface area contributed by atoms with E-state index in [0.717, 1.165) is 27.6 Å². The second-order valence-electron chi connectivity index (χ2n) is 4.12. The first-order valence-corrected chi connectivity index (χ1v) is 6.04. The Morgan fingerprint density at radius 2 is 2.19 bits per heavy atom. The van der Waals surface area contributed by atoms with Crippen LogP contribution in [0.1, 0.15) is 16.1 Å². The lowest BCUT2D eigenvalue weighted by molar-refractivity contribution is 0.0929. The predicted octanol–water partition coefficient (Wildman–Crippen LogP) is 2.46. The highest BCUT2D eigenvalue weighted by molar-refractivity contribution is 9.10. The summed E-state index contributed by atoms with van der Waals surface area (Å²) in [4.78, 5) is 11.7. The molecule has 0 spiro atoms. The number of rotatable bonds is 0. The zero-order valence-electron chi connectivity index (χ0n) is 8.88. The molecule has 4 heteroatoms. The maximum atomic E-state index is 11.7. The van der Waals surface area contributed by atoms with Crippen molar-refractivity contribution in [2.75, 3.05) is 6.54 Å². The summed E-state index contributed by atoms with van der Waals surface area (Å²) in [5, 5.41) is 3.98. The van der Waals surface area contributed by atoms with Gasteiger partial charge in [-0.1, -0.05) is 0 Å². The van der Waals surface area contributed by atoms with E-state index >= 15 is 0 Å². The smallest absolute Gasteiger partial charge is 0.268 e. The SMILES string of the molecule is Cc1cc(Br)c2c(c1)cc1n2CCNC1=O. The number of aromatic nitrogens is 1. The summed E-state index contributed by atoms with van der Waals surface area (Å²) >= 11 is 3.57. The highest BCUT2D eigenvalue weighted by Crippen LogP contribution is 2.29. The van der Waals surface area contributed by atoms with Crippen LogP contribution < -0.4 is 5.32 Å². The van der Waals surface area contributed by atoms with Crippen LogP contribution in [0.3, 0.4) is 0 Å². The number of nitrogens with one attached hydrogen (secondary N) is 1. The average molecular weight is 279 g/mol. The second kappa shape index (κ2) is 3.35. The maximum absolute atomic E-state index is 11.7. The molecule has 0 radical (unpaired) electrons. The summed E-state index contributed by atoms with van der Waals surface area (Å²) < 4.78 is 3.14. The molecule has 82 valence electrons. The predicted molar refractivity (Wildman–Crippen MR) is 66.7 cm³/mol. The molecule has 0 bridgehead atoms. The van der Waals surface area contributed by atoms with Crippen molar-refractivity contribution >= 4 is 32.7 Å². The number of carbonyl (C=O) groups is 1. The largest absolute Gasteiger partial charge is 0.349 e. The summed E-state index contributed by atoms with van der Waals surface area (Å²) in [6.45, 7) is 3.60. The molecule has 0 unspecified atom stereocenters. The molecule has 0 saturated carbocycles. The van der Waals surface area contributed by atoms with E-state index in [4.69, 9.17) is 0 Å². The van der Waals surface area contributed by atoms with E-state index in [1.807, 2.05) is 6.07 Å². The third-order valence-corrected chi connectivity index (χ3v) is 3.55. The molecule has 1 aromatic heterocycles. The van der Waals surface area contributed by atoms with Crippen molar-refractivity contribution in [3.63, 3.8) is 0 Å². The number of amides is 1. The molecule has 2 heterocycles. The van der Waals surface area contributed by atoms with E-state index in [9.17, 15) is 4.79 Å². The minimum atomic E-state index is 0.0204. The molecule has 1 N–H and O–H groups in total. The molecule has 0 aliphatic carbocycles. The fraction of sp³-hybridized carbons (Fsp3) is 0.250. The Labute approximate surface area is 102 Å². The first-order valence-electron chi connectivity index (χ1n) is 5.24. The zero-order valence-corrected chi connectivity index (χ0v) is 10.5. The Morgan fingerprint density at radius 3 is 3.00 bits per heavy atom. The Balaban J connectivity index is 2.40. The lowest BCUT2D eigenvalue weighted by Crippen LogP contribution is -2.34. The molecule has 0 fully saturated rings. The topological polar surface area (TPSA) is 34.0 Å². The normalized spacial score (nSPS) is 15.0. The molecule has 1 aliphatic rings. The monoisotopic (exact) mass is 278 g/mol. The summed E-state index contributed by atoms with van der Waals surface area (Å²) in [5.74, 6) is 0.0204. The van der Waals surface area contributed by atoms with E-state index in [1.165, 1.54) is 5.56 Å². The van der Waals surface area contributed by atoms with Crippen molar-refractivity contribution in [1.29, 1.82) is 0 Å². The van der Waals surface area contributed by atoms with Crippen LogP contribution in [0, 0.1) is 6.92 Å². The molecule has 0 saturated heterocycles. The second-order valence-corrected chi connectivity index (χ2v) is 4.98. The van der Waals surface area contributed by atoms with Gasteiger partial charge >= 0.3 is 0 Å². The third kappa shape index (κ3) is 1.29. The number of halogens is 1. The summed E-state index contributed by atoms with van der Waals surface area (Å²) in [7, 11) is 0. The molecule has 3 nitrogen and oxygen atoms in total. The van der Waals surface area contributed by atoms with Gasteiger partial charge in [-0.3, -0.25) is 4.79 Å². The lowest BCUT2D eigenvalue weighted by Gasteiger charge is -2.17. The fourth-order valence-electron chi connectivity index (χ4n) is 2.29. The van der Waals surface area contributed by atoms with Crippen LogP contribution in [-0.4, -0.2) is 17.0 Å². The standard InChI is InChI=1S/C12H11BrN2O/c1-7-4-8-6-10-12(16)14-2-3-15(10)11(8)9(13)5-7/h4-6H,2-3H2,1H3,(H,14,16). The van der Waals surface area contributed by atoms with Gasteiger partial charge in [0.25, 0.3) is 5.91 Å². The summed E-state index contributed by atoms with van der Waals surface area (Å²) in [6, 6.07) is 6.16. The van der Waals surface area contributed by atoms with Gasteiger partial charge in [-0.2, -0.15) is 0 Å². The zero-order chi connectivity index (χ0) is 11.3. The molecule has 1 aliphatic heterocycles. The van der Waals surface area contributed by atoms with Crippen LogP contribution in [0.5, 0.6) is 0 Å². The van der Waals surface area contributed by atoms with Crippen LogP contribution in [0.15, 0.2) is 22.7 Å². The first-order chi connectivity index (χ1) is 7.66. The van der Waals surface area contributed by atoms with Gasteiger partial charge in [-0.25, -0.2) is 0 Å². The lowest BCUT2D eigenvalue weighted by atomic mass is 10.2. The van der Waals surface area contributed by atoms with E-state index in [2.05, 4.69) is 44.9 Å². The summed E-state index contributed by atoms with van der Waals surface area (Å²) in [6.07, 6.45) is 0. The van der Waals surface area contributed by atoms with E-state index in [-0.39, 0.29) is 5.91 Å². The maximum Gasteiger partial charge on any atom is 0.268 e. The van der Waals surface area contributed by atoms with Crippen molar-refractivity contribution in [1.82, 2.24) is 9.88 Å². The van der Waals surface area contributed by atoms with Crippen LogP contribution in [0.4, 0.5) is 0 Å². The van der Waals surface area contributed by atoms with Crippen molar-refractivity contribution in [2.45, 2.75) is 13.5 Å². The van der Waals surface area contributed by atoms with Crippen molar-refractivity contribution < 1.29 is 4.79 Å². The highest BCUT2D eigenvalue weighted by atomic mass is 79.9. The van der Waals surface area contributed by atoms with Gasteiger partial charge in [0.2, 0.25) is 0 Å². The molecule has 2 aromatic rings. The van der Waals surface area contributed by atoms with Crippen molar-refractivity contribution in [2.24, 2.45) is 0 Å². The molecular formula is C12H11BrN2O. The van der Waals surface area contributed by atoms with Gasteiger partial charge in [0.15, 0.2) is 0 Å². The van der Waals surface area contributed by atoms with Gasteiger partial charge in [-0.15, -0.1) is 0 Å². The molecule has 0 atom stereocenters. The van der Waals surface area contributed by atoms with Crippen LogP contribution >= 0.6 is 15.9 Å². The Bertz CT molecular complexity index is 601. The van der Waals surface area contributed by atoms with Crippen LogP contribution in [0.25, 0.3) is 10.9 Å². The highest BCUT2D eigenvalue weighted by Gasteiger charge is 2.20. The van der Waals surface area contributed by atoms with E-state index < -0.39 is 0 Å². The van der Waals surface area contributed by atoms with Crippen molar-refractivity contribution in [3.8, 4) is 0 Å². The Hall–Kier alpha value is -1.29. The quantitative estimate of drug-likeness (QED) is 0.789. The number of benzene rings is 1. The average Bonchev–Trinajstić information content (AvgIpc) is 2.57. The number of hydrogen-bond donors (Lipinski definition) is 1. The van der Waals surface area contributed by atoms with Gasteiger partial charge < -0.3 is 9.88 Å². The number of nitrogens with zero attached hydrogens (tertiary/aromatic N) is 1. The minimum Gasteiger partial charge on any atom is -0.349 e. The number of fused-ring (bicyclic) bond motifs is 3. The number of hydrogen-bond acceptors (Lipinski definition) is 1. The van der Waals surface area contributed by atoms with Crippen LogP contribution in [0.2, 0.25) is 0 Å². The van der Waals surface area contributed by atoms with Gasteiger partial charge in [0, 0.05) is 22.9 Å². The number of carbonyl (C=O) groups excluding carboxylic acids is 1. The Kier molecular flexibility index (Phi) is 2.07. The molecule has 16 heavy (non-hydrogen) atoms. The first kappa shape index (κ1) is 9.90. The van der Waals surface area contributed by atoms with E-state index in [0.29, 0.717) is 6.54 Å². The molecule has 3 rings (SSSR count). The Morgan fingerprint density at radius 1 is 1.38 bits per heavy atom. The molecule has 1 aromatic carbocycles. The van der Waals surface area contributed by atoms with Gasteiger partial charge in [0.05, 0.1) is 5.52 Å². The molecular weight excluding hydrogens is 268 g/mol. The van der Waals surface area contributed by atoms with Gasteiger partial charge in [-0.05, 0) is 46.6 Å². The number of aryl methyl sites for hydroxylation is 1. The van der Waals surface area contributed by atoms with Gasteiger partial charge in [0.1, 0.15) is 5.69 Å². The van der Waals surface area contributed by atoms with Crippen molar-refractivity contribution in [3.05, 3.63) is 33.9 Å². The fourth-order valence-corrected chi connectivity index (χ4v) is 3.10. The third-order valence-electron chi connectivity index (χ3n) is 2.94. The molecule has 1 amide bonds. The minimum absolute atomic E-state index is 0.0204.